The third-order valence-corrected chi connectivity index (χ3v) is 4.71. The average molecular weight is 378 g/mol. The molecule has 7 nitrogen and oxygen atoms in total. The third-order valence-electron chi connectivity index (χ3n) is 4.71. The first kappa shape index (κ1) is 19.5. The normalized spacial score (nSPS) is 10.7. The van der Waals surface area contributed by atoms with E-state index in [-0.39, 0.29) is 5.91 Å². The molecule has 7 heteroatoms. The highest BCUT2D eigenvalue weighted by molar-refractivity contribution is 5.93. The molecule has 0 spiro atoms. The van der Waals surface area contributed by atoms with Crippen LogP contribution in [0.2, 0.25) is 0 Å². The molecule has 28 heavy (non-hydrogen) atoms. The monoisotopic (exact) mass is 378 g/mol. The Morgan fingerprint density at radius 3 is 2.57 bits per heavy atom. The fourth-order valence-corrected chi connectivity index (χ4v) is 3.07. The minimum absolute atomic E-state index is 0.246. The Balaban J connectivity index is 1.67. The first-order valence-electron chi connectivity index (χ1n) is 9.50. The molecule has 1 amide bonds. The van der Waals surface area contributed by atoms with Gasteiger partial charge in [-0.2, -0.15) is 0 Å². The number of hydrogen-bond donors (Lipinski definition) is 1. The Hall–Kier alpha value is -3.22. The Morgan fingerprint density at radius 2 is 1.93 bits per heavy atom. The fraction of sp³-hybridized carbons (Fsp3) is 0.333. The summed E-state index contributed by atoms with van der Waals surface area (Å²) in [6.07, 6.45) is 1.80. The van der Waals surface area contributed by atoms with Crippen molar-refractivity contribution in [1.82, 2.24) is 25.3 Å². The minimum atomic E-state index is -0.246. The molecule has 3 rings (SSSR count). The lowest BCUT2D eigenvalue weighted by molar-refractivity contribution is 0.0945. The van der Waals surface area contributed by atoms with Crippen LogP contribution in [0, 0.1) is 13.8 Å². The summed E-state index contributed by atoms with van der Waals surface area (Å²) in [5.74, 6) is 0.696. The van der Waals surface area contributed by atoms with E-state index in [1.165, 1.54) is 0 Å². The van der Waals surface area contributed by atoms with Crippen LogP contribution in [0.1, 0.15) is 41.2 Å². The molecule has 0 fully saturated rings. The average Bonchev–Trinajstić information content (AvgIpc) is 3.09. The predicted molar refractivity (Wildman–Crippen MR) is 110 cm³/mol. The van der Waals surface area contributed by atoms with Gasteiger partial charge in [0.15, 0.2) is 5.69 Å². The van der Waals surface area contributed by atoms with Crippen LogP contribution in [0.15, 0.2) is 42.6 Å². The zero-order valence-electron chi connectivity index (χ0n) is 16.8. The van der Waals surface area contributed by atoms with Crippen molar-refractivity contribution in [3.63, 3.8) is 0 Å². The molecule has 146 valence electrons. The molecule has 0 aliphatic heterocycles. The number of carbonyl (C=O) groups excluding carboxylic acids is 1. The minimum Gasteiger partial charge on any atom is -0.357 e. The van der Waals surface area contributed by atoms with E-state index in [0.717, 1.165) is 35.7 Å². The summed E-state index contributed by atoms with van der Waals surface area (Å²) in [7, 11) is 0. The molecule has 0 unspecified atom stereocenters. The van der Waals surface area contributed by atoms with Gasteiger partial charge in [0.2, 0.25) is 0 Å². The number of aromatic nitrogens is 4. The Bertz CT molecular complexity index is 944. The van der Waals surface area contributed by atoms with Gasteiger partial charge in [0.1, 0.15) is 5.82 Å². The van der Waals surface area contributed by atoms with E-state index in [0.29, 0.717) is 17.9 Å². The van der Waals surface area contributed by atoms with Crippen molar-refractivity contribution in [3.8, 4) is 5.69 Å². The third kappa shape index (κ3) is 4.19. The van der Waals surface area contributed by atoms with Gasteiger partial charge in [0, 0.05) is 25.8 Å². The van der Waals surface area contributed by atoms with Crippen LogP contribution in [0.25, 0.3) is 5.69 Å². The molecule has 3 aromatic rings. The number of nitrogens with zero attached hydrogens (tertiary/aromatic N) is 5. The summed E-state index contributed by atoms with van der Waals surface area (Å²) in [4.78, 5) is 19.2. The van der Waals surface area contributed by atoms with Gasteiger partial charge in [-0.25, -0.2) is 9.67 Å². The number of carbonyl (C=O) groups is 1. The van der Waals surface area contributed by atoms with Gasteiger partial charge in [-0.1, -0.05) is 23.4 Å². The highest BCUT2D eigenvalue weighted by Gasteiger charge is 2.17. The molecule has 0 bridgehead atoms. The Morgan fingerprint density at radius 1 is 1.14 bits per heavy atom. The molecular weight excluding hydrogens is 352 g/mol. The van der Waals surface area contributed by atoms with E-state index in [1.54, 1.807) is 10.9 Å². The maximum atomic E-state index is 12.6. The topological polar surface area (TPSA) is 75.9 Å². The van der Waals surface area contributed by atoms with E-state index in [2.05, 4.69) is 39.4 Å². The highest BCUT2D eigenvalue weighted by Crippen LogP contribution is 2.14. The second-order valence-electron chi connectivity index (χ2n) is 6.65. The first-order chi connectivity index (χ1) is 13.5. The number of anilines is 1. The zero-order valence-corrected chi connectivity index (χ0v) is 16.8. The van der Waals surface area contributed by atoms with Gasteiger partial charge in [0.05, 0.1) is 11.4 Å². The van der Waals surface area contributed by atoms with Crippen LogP contribution < -0.4 is 10.2 Å². The maximum absolute atomic E-state index is 12.6. The lowest BCUT2D eigenvalue weighted by Crippen LogP contribution is -2.25. The second kappa shape index (κ2) is 8.65. The summed E-state index contributed by atoms with van der Waals surface area (Å²) < 4.78 is 1.68. The Labute approximate surface area is 165 Å². The van der Waals surface area contributed by atoms with Crippen molar-refractivity contribution >= 4 is 11.7 Å². The van der Waals surface area contributed by atoms with Crippen molar-refractivity contribution in [1.29, 1.82) is 0 Å². The summed E-state index contributed by atoms with van der Waals surface area (Å²) in [5, 5.41) is 11.1. The quantitative estimate of drug-likeness (QED) is 0.684. The number of amides is 1. The number of rotatable bonds is 7. The summed E-state index contributed by atoms with van der Waals surface area (Å²) in [6.45, 7) is 10.3. The molecule has 0 atom stereocenters. The maximum Gasteiger partial charge on any atom is 0.274 e. The zero-order chi connectivity index (χ0) is 20.1. The van der Waals surface area contributed by atoms with Crippen molar-refractivity contribution in [2.75, 3.05) is 18.0 Å². The van der Waals surface area contributed by atoms with Gasteiger partial charge in [-0.15, -0.1) is 5.10 Å². The smallest absolute Gasteiger partial charge is 0.274 e. The van der Waals surface area contributed by atoms with E-state index < -0.39 is 0 Å². The first-order valence-corrected chi connectivity index (χ1v) is 9.50. The molecule has 0 saturated carbocycles. The van der Waals surface area contributed by atoms with Gasteiger partial charge >= 0.3 is 0 Å². The van der Waals surface area contributed by atoms with E-state index in [9.17, 15) is 4.79 Å². The van der Waals surface area contributed by atoms with Gasteiger partial charge < -0.3 is 10.2 Å². The molecule has 2 aromatic heterocycles. The molecule has 1 N–H and O–H groups in total. The predicted octanol–water partition coefficient (Wildman–Crippen LogP) is 3.06. The van der Waals surface area contributed by atoms with Crippen molar-refractivity contribution < 1.29 is 4.79 Å². The fourth-order valence-electron chi connectivity index (χ4n) is 3.07. The standard InChI is InChI=1S/C21H26N6O/c1-5-26(6-2)19-11-10-17(13-22-19)14-23-21(28)20-16(4)27(25-24-20)18-9-7-8-15(3)12-18/h7-13H,5-6,14H2,1-4H3,(H,23,28). The van der Waals surface area contributed by atoms with E-state index >= 15 is 0 Å². The second-order valence-corrected chi connectivity index (χ2v) is 6.65. The largest absolute Gasteiger partial charge is 0.357 e. The summed E-state index contributed by atoms with van der Waals surface area (Å²) in [5.41, 5.74) is 3.99. The number of aryl methyl sites for hydroxylation is 1. The number of nitrogens with one attached hydrogen (secondary N) is 1. The summed E-state index contributed by atoms with van der Waals surface area (Å²) >= 11 is 0. The number of benzene rings is 1. The summed E-state index contributed by atoms with van der Waals surface area (Å²) in [6, 6.07) is 11.9. The molecule has 0 saturated heterocycles. The van der Waals surface area contributed by atoms with E-state index in [1.807, 2.05) is 50.2 Å². The van der Waals surface area contributed by atoms with Crippen molar-refractivity contribution in [2.45, 2.75) is 34.2 Å². The number of pyridine rings is 1. The van der Waals surface area contributed by atoms with Crippen LogP contribution in [0.5, 0.6) is 0 Å². The molecule has 0 radical (unpaired) electrons. The van der Waals surface area contributed by atoms with Crippen LogP contribution >= 0.6 is 0 Å². The molecule has 0 aliphatic carbocycles. The molecule has 1 aromatic carbocycles. The van der Waals surface area contributed by atoms with Crippen LogP contribution in [-0.4, -0.2) is 39.0 Å². The number of hydrogen-bond acceptors (Lipinski definition) is 5. The lowest BCUT2D eigenvalue weighted by atomic mass is 10.2. The highest BCUT2D eigenvalue weighted by atomic mass is 16.2. The lowest BCUT2D eigenvalue weighted by Gasteiger charge is -2.19. The molecular formula is C21H26N6O. The van der Waals surface area contributed by atoms with Crippen molar-refractivity contribution in [2.24, 2.45) is 0 Å². The van der Waals surface area contributed by atoms with Gasteiger partial charge in [-0.05, 0) is 57.0 Å². The molecule has 0 aliphatic rings. The van der Waals surface area contributed by atoms with Crippen molar-refractivity contribution in [3.05, 3.63) is 65.1 Å². The van der Waals surface area contributed by atoms with E-state index in [4.69, 9.17) is 0 Å². The van der Waals surface area contributed by atoms with Crippen LogP contribution in [0.3, 0.4) is 0 Å². The van der Waals surface area contributed by atoms with Crippen LogP contribution in [-0.2, 0) is 6.54 Å². The van der Waals surface area contributed by atoms with Gasteiger partial charge in [0.25, 0.3) is 5.91 Å². The van der Waals surface area contributed by atoms with Gasteiger partial charge in [-0.3, -0.25) is 4.79 Å². The molecule has 2 heterocycles. The SMILES string of the molecule is CCN(CC)c1ccc(CNC(=O)c2nnn(-c3cccc(C)c3)c2C)cn1. The Kier molecular flexibility index (Phi) is 6.03. The van der Waals surface area contributed by atoms with Crippen LogP contribution in [0.4, 0.5) is 5.82 Å².